The van der Waals surface area contributed by atoms with Crippen LogP contribution in [0, 0.1) is 5.92 Å². The third-order valence-electron chi connectivity index (χ3n) is 3.45. The summed E-state index contributed by atoms with van der Waals surface area (Å²) in [5, 5.41) is 3.08. The van der Waals surface area contributed by atoms with E-state index in [1.807, 2.05) is 13.2 Å². The summed E-state index contributed by atoms with van der Waals surface area (Å²) in [4.78, 5) is 6.58. The van der Waals surface area contributed by atoms with E-state index < -0.39 is 0 Å². The van der Waals surface area contributed by atoms with Crippen LogP contribution in [0.25, 0.3) is 0 Å². The number of nitrogens with zero attached hydrogens (tertiary/aromatic N) is 2. The Bertz CT molecular complexity index is 332. The van der Waals surface area contributed by atoms with Crippen molar-refractivity contribution in [1.29, 1.82) is 0 Å². The largest absolute Gasteiger partial charge is 0.374 e. The average molecular weight is 219 g/mol. The van der Waals surface area contributed by atoms with E-state index in [0.717, 1.165) is 11.7 Å². The van der Waals surface area contributed by atoms with Crippen LogP contribution in [0.15, 0.2) is 18.3 Å². The van der Waals surface area contributed by atoms with Gasteiger partial charge in [0.1, 0.15) is 5.82 Å². The topological polar surface area (TPSA) is 28.2 Å². The molecule has 2 rings (SSSR count). The van der Waals surface area contributed by atoms with Gasteiger partial charge in [0, 0.05) is 38.6 Å². The molecule has 16 heavy (non-hydrogen) atoms. The lowest BCUT2D eigenvalue weighted by molar-refractivity contribution is 0.547. The van der Waals surface area contributed by atoms with E-state index in [1.54, 1.807) is 0 Å². The van der Waals surface area contributed by atoms with Gasteiger partial charge in [0.15, 0.2) is 0 Å². The zero-order valence-corrected chi connectivity index (χ0v) is 10.2. The summed E-state index contributed by atoms with van der Waals surface area (Å²) in [6.07, 6.45) is 7.49. The molecule has 1 aromatic rings. The van der Waals surface area contributed by atoms with E-state index >= 15 is 0 Å². The maximum Gasteiger partial charge on any atom is 0.127 e. The van der Waals surface area contributed by atoms with Crippen LogP contribution in [0.3, 0.4) is 0 Å². The zero-order valence-electron chi connectivity index (χ0n) is 10.2. The third kappa shape index (κ3) is 2.65. The van der Waals surface area contributed by atoms with E-state index in [2.05, 4.69) is 34.4 Å². The molecule has 1 N–H and O–H groups in total. The van der Waals surface area contributed by atoms with Gasteiger partial charge in [-0.1, -0.05) is 12.8 Å². The third-order valence-corrected chi connectivity index (χ3v) is 3.45. The lowest BCUT2D eigenvalue weighted by atomic mass is 10.1. The molecule has 1 saturated carbocycles. The molecule has 0 unspecified atom stereocenters. The first kappa shape index (κ1) is 11.2. The average Bonchev–Trinajstić information content (AvgIpc) is 2.82. The Kier molecular flexibility index (Phi) is 3.65. The molecule has 0 bridgehead atoms. The molecule has 1 aliphatic rings. The van der Waals surface area contributed by atoms with Crippen molar-refractivity contribution < 1.29 is 0 Å². The summed E-state index contributed by atoms with van der Waals surface area (Å²) < 4.78 is 0. The fraction of sp³-hybridized carbons (Fsp3) is 0.615. The zero-order chi connectivity index (χ0) is 11.4. The second-order valence-corrected chi connectivity index (χ2v) is 4.68. The number of hydrogen-bond donors (Lipinski definition) is 1. The van der Waals surface area contributed by atoms with Gasteiger partial charge in [0.25, 0.3) is 0 Å². The number of pyridine rings is 1. The molecule has 1 heterocycles. The lowest BCUT2D eigenvalue weighted by Gasteiger charge is -2.23. The van der Waals surface area contributed by atoms with E-state index in [0.29, 0.717) is 0 Å². The quantitative estimate of drug-likeness (QED) is 0.844. The van der Waals surface area contributed by atoms with E-state index in [1.165, 1.54) is 37.9 Å². The van der Waals surface area contributed by atoms with Gasteiger partial charge in [0.2, 0.25) is 0 Å². The highest BCUT2D eigenvalue weighted by atomic mass is 15.1. The highest BCUT2D eigenvalue weighted by molar-refractivity contribution is 5.53. The molecular weight excluding hydrogens is 198 g/mol. The minimum Gasteiger partial charge on any atom is -0.374 e. The van der Waals surface area contributed by atoms with E-state index in [4.69, 9.17) is 0 Å². The Hall–Kier alpha value is -1.25. The Morgan fingerprint density at radius 3 is 2.88 bits per heavy atom. The van der Waals surface area contributed by atoms with Crippen LogP contribution in [-0.2, 0) is 0 Å². The van der Waals surface area contributed by atoms with Crippen molar-refractivity contribution in [3.63, 3.8) is 0 Å². The summed E-state index contributed by atoms with van der Waals surface area (Å²) in [5.74, 6) is 1.83. The van der Waals surface area contributed by atoms with E-state index in [9.17, 15) is 0 Å². The molecule has 0 amide bonds. The first-order valence-electron chi connectivity index (χ1n) is 6.14. The Morgan fingerprint density at radius 1 is 1.44 bits per heavy atom. The maximum absolute atomic E-state index is 4.23. The number of aromatic nitrogens is 1. The van der Waals surface area contributed by atoms with Gasteiger partial charge in [0.05, 0.1) is 0 Å². The fourth-order valence-corrected chi connectivity index (χ4v) is 2.48. The molecule has 88 valence electrons. The Balaban J connectivity index is 1.98. The molecule has 0 spiro atoms. The van der Waals surface area contributed by atoms with Gasteiger partial charge in [-0.3, -0.25) is 0 Å². The molecule has 1 aromatic heterocycles. The molecule has 0 atom stereocenters. The van der Waals surface area contributed by atoms with Crippen LogP contribution >= 0.6 is 0 Å². The lowest BCUT2D eigenvalue weighted by Crippen LogP contribution is -2.24. The monoisotopic (exact) mass is 219 g/mol. The van der Waals surface area contributed by atoms with Gasteiger partial charge < -0.3 is 10.2 Å². The van der Waals surface area contributed by atoms with Crippen LogP contribution in [-0.4, -0.2) is 25.6 Å². The van der Waals surface area contributed by atoms with Crippen molar-refractivity contribution >= 4 is 11.5 Å². The van der Waals surface area contributed by atoms with Crippen molar-refractivity contribution in [1.82, 2.24) is 4.98 Å². The SMILES string of the molecule is CNc1cc(N(C)CC2CCCC2)ccn1. The van der Waals surface area contributed by atoms with Gasteiger partial charge in [-0.05, 0) is 24.8 Å². The smallest absolute Gasteiger partial charge is 0.127 e. The number of anilines is 2. The van der Waals surface area contributed by atoms with Crippen molar-refractivity contribution in [2.24, 2.45) is 5.92 Å². The molecule has 3 nitrogen and oxygen atoms in total. The Labute approximate surface area is 97.9 Å². The van der Waals surface area contributed by atoms with Crippen molar-refractivity contribution in [2.75, 3.05) is 30.9 Å². The van der Waals surface area contributed by atoms with Gasteiger partial charge in [-0.2, -0.15) is 0 Å². The first-order chi connectivity index (χ1) is 7.79. The highest BCUT2D eigenvalue weighted by Crippen LogP contribution is 2.27. The van der Waals surface area contributed by atoms with Crippen LogP contribution < -0.4 is 10.2 Å². The molecule has 1 aliphatic carbocycles. The highest BCUT2D eigenvalue weighted by Gasteiger charge is 2.17. The van der Waals surface area contributed by atoms with Gasteiger partial charge in [-0.25, -0.2) is 4.98 Å². The number of hydrogen-bond acceptors (Lipinski definition) is 3. The van der Waals surface area contributed by atoms with Crippen molar-refractivity contribution in [2.45, 2.75) is 25.7 Å². The molecule has 0 aliphatic heterocycles. The predicted octanol–water partition coefficient (Wildman–Crippen LogP) is 2.75. The predicted molar refractivity (Wildman–Crippen MR) is 69.0 cm³/mol. The Morgan fingerprint density at radius 2 is 2.19 bits per heavy atom. The molecular formula is C13H21N3. The van der Waals surface area contributed by atoms with Crippen LogP contribution in [0.5, 0.6) is 0 Å². The maximum atomic E-state index is 4.23. The van der Waals surface area contributed by atoms with Gasteiger partial charge in [-0.15, -0.1) is 0 Å². The summed E-state index contributed by atoms with van der Waals surface area (Å²) in [6.45, 7) is 1.17. The molecule has 0 saturated heterocycles. The van der Waals surface area contributed by atoms with Gasteiger partial charge >= 0.3 is 0 Å². The summed E-state index contributed by atoms with van der Waals surface area (Å²) in [6, 6.07) is 4.19. The minimum atomic E-state index is 0.885. The fourth-order valence-electron chi connectivity index (χ4n) is 2.48. The van der Waals surface area contributed by atoms with Crippen molar-refractivity contribution in [3.05, 3.63) is 18.3 Å². The van der Waals surface area contributed by atoms with E-state index in [-0.39, 0.29) is 0 Å². The molecule has 1 fully saturated rings. The number of rotatable bonds is 4. The normalized spacial score (nSPS) is 16.4. The summed E-state index contributed by atoms with van der Waals surface area (Å²) in [7, 11) is 4.08. The van der Waals surface area contributed by atoms with Crippen LogP contribution in [0.4, 0.5) is 11.5 Å². The summed E-state index contributed by atoms with van der Waals surface area (Å²) >= 11 is 0. The second-order valence-electron chi connectivity index (χ2n) is 4.68. The molecule has 3 heteroatoms. The van der Waals surface area contributed by atoms with Crippen LogP contribution in [0.1, 0.15) is 25.7 Å². The second kappa shape index (κ2) is 5.19. The summed E-state index contributed by atoms with van der Waals surface area (Å²) in [5.41, 5.74) is 1.26. The first-order valence-corrected chi connectivity index (χ1v) is 6.14. The number of nitrogens with one attached hydrogen (secondary N) is 1. The minimum absolute atomic E-state index is 0.885. The van der Waals surface area contributed by atoms with Crippen molar-refractivity contribution in [3.8, 4) is 0 Å². The molecule has 0 aromatic carbocycles. The molecule has 0 radical (unpaired) electrons. The van der Waals surface area contributed by atoms with Crippen LogP contribution in [0.2, 0.25) is 0 Å². The standard InChI is InChI=1S/C13H21N3/c1-14-13-9-12(7-8-15-13)16(2)10-11-5-3-4-6-11/h7-9,11H,3-6,10H2,1-2H3,(H,14,15).